The molecule has 34 heavy (non-hydrogen) atoms. The van der Waals surface area contributed by atoms with E-state index in [0.717, 1.165) is 5.56 Å². The molecule has 5 rings (SSSR count). The number of hydrogen-bond donors (Lipinski definition) is 0. The van der Waals surface area contributed by atoms with Crippen LogP contribution in [0.15, 0.2) is 72.8 Å². The summed E-state index contributed by atoms with van der Waals surface area (Å²) in [5.74, 6) is 0.615. The molecular formula is C26H24N2O6. The maximum atomic E-state index is 13.7. The Kier molecular flexibility index (Phi) is 5.59. The SMILES string of the molecule is COc1ccc(C2C3C(=O)N(c4ccc(OC)cc4)C(=O)C3ON2c2ccc(OC)cc2)cc1. The Balaban J connectivity index is 1.54. The second-order valence-corrected chi connectivity index (χ2v) is 8.00. The van der Waals surface area contributed by atoms with Crippen molar-refractivity contribution in [3.05, 3.63) is 78.4 Å². The van der Waals surface area contributed by atoms with Gasteiger partial charge in [0.25, 0.3) is 5.91 Å². The number of nitrogens with zero attached hydrogens (tertiary/aromatic N) is 2. The second-order valence-electron chi connectivity index (χ2n) is 8.00. The number of hydroxylamine groups is 1. The number of carbonyl (C=O) groups is 2. The fourth-order valence-electron chi connectivity index (χ4n) is 4.49. The lowest BCUT2D eigenvalue weighted by Crippen LogP contribution is -2.37. The van der Waals surface area contributed by atoms with Crippen LogP contribution in [0.3, 0.4) is 0 Å². The Morgan fingerprint density at radius 3 is 1.62 bits per heavy atom. The number of anilines is 2. The van der Waals surface area contributed by atoms with E-state index in [1.165, 1.54) is 4.90 Å². The van der Waals surface area contributed by atoms with E-state index < -0.39 is 24.0 Å². The number of carbonyl (C=O) groups excluding carboxylic acids is 2. The minimum absolute atomic E-state index is 0.308. The van der Waals surface area contributed by atoms with Crippen LogP contribution in [0.5, 0.6) is 17.2 Å². The molecule has 2 amide bonds. The van der Waals surface area contributed by atoms with Gasteiger partial charge in [0, 0.05) is 0 Å². The Hall–Kier alpha value is -4.04. The van der Waals surface area contributed by atoms with Gasteiger partial charge in [-0.25, -0.2) is 9.96 Å². The molecule has 2 aliphatic heterocycles. The number of benzene rings is 3. The van der Waals surface area contributed by atoms with Crippen LogP contribution in [-0.2, 0) is 14.4 Å². The average Bonchev–Trinajstić information content (AvgIpc) is 3.40. The van der Waals surface area contributed by atoms with E-state index in [9.17, 15) is 9.59 Å². The van der Waals surface area contributed by atoms with Crippen molar-refractivity contribution in [1.82, 2.24) is 0 Å². The van der Waals surface area contributed by atoms with Crippen molar-refractivity contribution in [2.24, 2.45) is 5.92 Å². The zero-order chi connectivity index (χ0) is 23.8. The first-order valence-electron chi connectivity index (χ1n) is 10.8. The van der Waals surface area contributed by atoms with Crippen molar-refractivity contribution in [2.45, 2.75) is 12.1 Å². The highest BCUT2D eigenvalue weighted by Crippen LogP contribution is 2.48. The second kappa shape index (κ2) is 8.72. The first-order chi connectivity index (χ1) is 16.5. The maximum Gasteiger partial charge on any atom is 0.266 e. The van der Waals surface area contributed by atoms with Crippen LogP contribution in [0.25, 0.3) is 0 Å². The van der Waals surface area contributed by atoms with E-state index in [2.05, 4.69) is 0 Å². The highest BCUT2D eigenvalue weighted by Gasteiger charge is 2.60. The zero-order valence-electron chi connectivity index (χ0n) is 19.0. The number of fused-ring (bicyclic) bond motifs is 1. The molecule has 2 heterocycles. The number of imide groups is 1. The van der Waals surface area contributed by atoms with Gasteiger partial charge in [0.05, 0.1) is 38.7 Å². The van der Waals surface area contributed by atoms with Gasteiger partial charge in [0.1, 0.15) is 23.2 Å². The summed E-state index contributed by atoms with van der Waals surface area (Å²) in [6.45, 7) is 0. The van der Waals surface area contributed by atoms with E-state index in [1.54, 1.807) is 50.7 Å². The number of amides is 2. The molecule has 3 aromatic carbocycles. The van der Waals surface area contributed by atoms with Crippen LogP contribution >= 0.6 is 0 Å². The summed E-state index contributed by atoms with van der Waals surface area (Å²) in [5, 5.41) is 1.65. The van der Waals surface area contributed by atoms with Gasteiger partial charge in [0.15, 0.2) is 6.10 Å². The van der Waals surface area contributed by atoms with Gasteiger partial charge in [-0.15, -0.1) is 0 Å². The smallest absolute Gasteiger partial charge is 0.266 e. The zero-order valence-corrected chi connectivity index (χ0v) is 19.0. The van der Waals surface area contributed by atoms with Crippen LogP contribution in [-0.4, -0.2) is 39.2 Å². The Morgan fingerprint density at radius 2 is 1.12 bits per heavy atom. The van der Waals surface area contributed by atoms with Crippen molar-refractivity contribution >= 4 is 23.2 Å². The van der Waals surface area contributed by atoms with E-state index in [-0.39, 0.29) is 5.91 Å². The quantitative estimate of drug-likeness (QED) is 0.519. The Morgan fingerprint density at radius 1 is 0.647 bits per heavy atom. The average molecular weight is 460 g/mol. The first kappa shape index (κ1) is 21.8. The van der Waals surface area contributed by atoms with Crippen LogP contribution < -0.4 is 24.2 Å². The third-order valence-corrected chi connectivity index (χ3v) is 6.23. The fourth-order valence-corrected chi connectivity index (χ4v) is 4.49. The molecule has 3 atom stereocenters. The lowest BCUT2D eigenvalue weighted by atomic mass is 9.90. The summed E-state index contributed by atoms with van der Waals surface area (Å²) < 4.78 is 15.7. The first-order valence-corrected chi connectivity index (χ1v) is 10.8. The molecule has 0 aliphatic carbocycles. The minimum Gasteiger partial charge on any atom is -0.497 e. The number of methoxy groups -OCH3 is 3. The van der Waals surface area contributed by atoms with Gasteiger partial charge in [-0.05, 0) is 66.2 Å². The monoisotopic (exact) mass is 460 g/mol. The van der Waals surface area contributed by atoms with E-state index in [0.29, 0.717) is 28.6 Å². The maximum absolute atomic E-state index is 13.7. The molecule has 0 saturated carbocycles. The van der Waals surface area contributed by atoms with Gasteiger partial charge >= 0.3 is 0 Å². The molecule has 174 valence electrons. The molecule has 0 N–H and O–H groups in total. The molecule has 2 aliphatic rings. The van der Waals surface area contributed by atoms with E-state index in [4.69, 9.17) is 19.0 Å². The highest BCUT2D eigenvalue weighted by molar-refractivity contribution is 6.23. The van der Waals surface area contributed by atoms with Gasteiger partial charge < -0.3 is 14.2 Å². The summed E-state index contributed by atoms with van der Waals surface area (Å²) in [7, 11) is 4.75. The lowest BCUT2D eigenvalue weighted by Gasteiger charge is -2.29. The molecule has 2 fully saturated rings. The molecule has 0 spiro atoms. The number of ether oxygens (including phenoxy) is 3. The van der Waals surface area contributed by atoms with Gasteiger partial charge in [-0.2, -0.15) is 0 Å². The fraction of sp³-hybridized carbons (Fsp3) is 0.231. The normalized spacial score (nSPS) is 21.6. The van der Waals surface area contributed by atoms with Crippen molar-refractivity contribution in [3.63, 3.8) is 0 Å². The lowest BCUT2D eigenvalue weighted by molar-refractivity contribution is -0.126. The van der Waals surface area contributed by atoms with Crippen LogP contribution in [0.4, 0.5) is 11.4 Å². The topological polar surface area (TPSA) is 77.5 Å². The molecule has 0 aromatic heterocycles. The van der Waals surface area contributed by atoms with Crippen molar-refractivity contribution in [1.29, 1.82) is 0 Å². The largest absolute Gasteiger partial charge is 0.497 e. The van der Waals surface area contributed by atoms with Crippen molar-refractivity contribution < 1.29 is 28.6 Å². The van der Waals surface area contributed by atoms with Gasteiger partial charge in [0.2, 0.25) is 5.91 Å². The number of hydrogen-bond acceptors (Lipinski definition) is 7. The molecular weight excluding hydrogens is 436 g/mol. The number of rotatable bonds is 6. The van der Waals surface area contributed by atoms with Gasteiger partial charge in [-0.3, -0.25) is 14.4 Å². The summed E-state index contributed by atoms with van der Waals surface area (Å²) in [6, 6.07) is 21.1. The predicted molar refractivity (Wildman–Crippen MR) is 125 cm³/mol. The summed E-state index contributed by atoms with van der Waals surface area (Å²) in [5.41, 5.74) is 2.03. The van der Waals surface area contributed by atoms with Crippen molar-refractivity contribution in [2.75, 3.05) is 31.3 Å². The Bertz CT molecular complexity index is 1190. The van der Waals surface area contributed by atoms with E-state index >= 15 is 0 Å². The summed E-state index contributed by atoms with van der Waals surface area (Å²) in [6.07, 6.45) is -0.941. The summed E-state index contributed by atoms with van der Waals surface area (Å²) >= 11 is 0. The van der Waals surface area contributed by atoms with Gasteiger partial charge in [-0.1, -0.05) is 12.1 Å². The molecule has 8 heteroatoms. The Labute approximate surface area is 197 Å². The molecule has 3 unspecified atom stereocenters. The highest BCUT2D eigenvalue weighted by atomic mass is 16.7. The van der Waals surface area contributed by atoms with Crippen molar-refractivity contribution in [3.8, 4) is 17.2 Å². The third kappa shape index (κ3) is 3.52. The third-order valence-electron chi connectivity index (χ3n) is 6.23. The van der Waals surface area contributed by atoms with Crippen LogP contribution in [0.2, 0.25) is 0 Å². The molecule has 8 nitrogen and oxygen atoms in total. The summed E-state index contributed by atoms with van der Waals surface area (Å²) in [4.78, 5) is 34.4. The van der Waals surface area contributed by atoms with Crippen LogP contribution in [0, 0.1) is 5.92 Å². The molecule has 0 bridgehead atoms. The molecule has 3 aromatic rings. The molecule has 2 saturated heterocycles. The minimum atomic E-state index is -0.941. The predicted octanol–water partition coefficient (Wildman–Crippen LogP) is 3.76. The van der Waals surface area contributed by atoms with E-state index in [1.807, 2.05) is 48.5 Å². The molecule has 0 radical (unpaired) electrons. The van der Waals surface area contributed by atoms with Crippen LogP contribution in [0.1, 0.15) is 11.6 Å². The standard InChI is InChI=1S/C26H24N2O6/c1-31-19-10-4-16(5-11-19)23-22-24(34-28(23)18-8-14-21(33-3)15-9-18)26(30)27(25(22)29)17-6-12-20(32-2)13-7-17/h4-15,22-24H,1-3H3.